The molecule has 3 rings (SSSR count). The van der Waals surface area contributed by atoms with Crippen molar-refractivity contribution in [3.05, 3.63) is 82.3 Å². The van der Waals surface area contributed by atoms with Gasteiger partial charge in [-0.1, -0.05) is 60.7 Å². The fourth-order valence-corrected chi connectivity index (χ4v) is 2.79. The molecule has 5 heteroatoms. The first-order chi connectivity index (χ1) is 11.6. The molecule has 24 heavy (non-hydrogen) atoms. The van der Waals surface area contributed by atoms with Crippen LogP contribution in [0, 0.1) is 6.92 Å². The number of amides is 1. The van der Waals surface area contributed by atoms with Crippen LogP contribution in [0.4, 0.5) is 0 Å². The van der Waals surface area contributed by atoms with Crippen molar-refractivity contribution in [3.8, 4) is 11.1 Å². The van der Waals surface area contributed by atoms with E-state index in [0.717, 1.165) is 16.8 Å². The van der Waals surface area contributed by atoms with Gasteiger partial charge in [0.25, 0.3) is 5.56 Å². The lowest BCUT2D eigenvalue weighted by Crippen LogP contribution is -2.35. The number of benzene rings is 2. The molecule has 0 unspecified atom stereocenters. The normalized spacial score (nSPS) is 10.6. The van der Waals surface area contributed by atoms with Gasteiger partial charge >= 0.3 is 0 Å². The van der Waals surface area contributed by atoms with Gasteiger partial charge in [0.15, 0.2) is 0 Å². The van der Waals surface area contributed by atoms with Crippen LogP contribution in [0.15, 0.2) is 65.5 Å². The third-order valence-electron chi connectivity index (χ3n) is 3.90. The zero-order valence-corrected chi connectivity index (χ0v) is 13.7. The molecule has 122 valence electrons. The molecule has 0 saturated heterocycles. The number of hydrogen-bond acceptors (Lipinski definition) is 2. The standard InChI is InChI=1S/C19H19N3O2/c1-14-18(17-11-7-4-8-12-17)19(24)22(20-15(2)23)21(14)13-16-9-5-3-6-10-16/h3-12H,13H2,1-2H3,(H,20,23). The van der Waals surface area contributed by atoms with Gasteiger partial charge in [-0.2, -0.15) is 4.79 Å². The Labute approximate surface area is 140 Å². The molecule has 3 aromatic rings. The second kappa shape index (κ2) is 6.58. The van der Waals surface area contributed by atoms with E-state index in [2.05, 4.69) is 5.43 Å². The molecule has 0 saturated carbocycles. The maximum absolute atomic E-state index is 12.9. The summed E-state index contributed by atoms with van der Waals surface area (Å²) in [6, 6.07) is 19.3. The first kappa shape index (κ1) is 15.8. The predicted molar refractivity (Wildman–Crippen MR) is 94.5 cm³/mol. The van der Waals surface area contributed by atoms with Gasteiger partial charge in [0, 0.05) is 12.6 Å². The van der Waals surface area contributed by atoms with Crippen molar-refractivity contribution in [2.24, 2.45) is 0 Å². The molecule has 2 aromatic carbocycles. The fraction of sp³-hybridized carbons (Fsp3) is 0.158. The number of rotatable bonds is 4. The summed E-state index contributed by atoms with van der Waals surface area (Å²) in [5.74, 6) is -0.288. The zero-order valence-electron chi connectivity index (χ0n) is 13.7. The van der Waals surface area contributed by atoms with E-state index in [1.807, 2.05) is 67.6 Å². The number of carbonyl (C=O) groups is 1. The molecule has 0 atom stereocenters. The Morgan fingerprint density at radius 2 is 1.58 bits per heavy atom. The topological polar surface area (TPSA) is 56.0 Å². The number of nitrogens with zero attached hydrogens (tertiary/aromatic N) is 2. The SMILES string of the molecule is CC(=O)Nn1c(=O)c(-c2ccccc2)c(C)n1Cc1ccccc1. The number of aromatic nitrogens is 2. The smallest absolute Gasteiger partial charge is 0.274 e. The minimum absolute atomic E-state index is 0.232. The van der Waals surface area contributed by atoms with Crippen molar-refractivity contribution in [1.82, 2.24) is 9.47 Å². The Morgan fingerprint density at radius 3 is 2.17 bits per heavy atom. The van der Waals surface area contributed by atoms with Crippen LogP contribution in [0.1, 0.15) is 18.2 Å². The van der Waals surface area contributed by atoms with Gasteiger partial charge in [-0.3, -0.25) is 14.3 Å². The Bertz CT molecular complexity index is 909. The second-order valence-corrected chi connectivity index (χ2v) is 5.65. The van der Waals surface area contributed by atoms with Crippen LogP contribution in [0.3, 0.4) is 0 Å². The molecular formula is C19H19N3O2. The lowest BCUT2D eigenvalue weighted by atomic mass is 10.1. The summed E-state index contributed by atoms with van der Waals surface area (Å²) in [5, 5.41) is 0. The van der Waals surface area contributed by atoms with E-state index < -0.39 is 0 Å². The molecule has 1 aromatic heterocycles. The highest BCUT2D eigenvalue weighted by Gasteiger charge is 2.19. The maximum Gasteiger partial charge on any atom is 0.294 e. The summed E-state index contributed by atoms with van der Waals surface area (Å²) >= 11 is 0. The summed E-state index contributed by atoms with van der Waals surface area (Å²) in [6.45, 7) is 3.78. The molecular weight excluding hydrogens is 302 g/mol. The quantitative estimate of drug-likeness (QED) is 0.803. The van der Waals surface area contributed by atoms with Crippen LogP contribution in [-0.2, 0) is 11.3 Å². The Hall–Kier alpha value is -3.08. The monoisotopic (exact) mass is 321 g/mol. The van der Waals surface area contributed by atoms with E-state index in [9.17, 15) is 9.59 Å². The van der Waals surface area contributed by atoms with Crippen molar-refractivity contribution in [2.75, 3.05) is 5.43 Å². The lowest BCUT2D eigenvalue weighted by molar-refractivity contribution is -0.115. The molecule has 0 aliphatic rings. The van der Waals surface area contributed by atoms with E-state index in [0.29, 0.717) is 12.1 Å². The summed E-state index contributed by atoms with van der Waals surface area (Å²) in [6.07, 6.45) is 0. The highest BCUT2D eigenvalue weighted by atomic mass is 16.2. The molecule has 0 aliphatic heterocycles. The summed E-state index contributed by atoms with van der Waals surface area (Å²) < 4.78 is 1.79. The number of hydrogen-bond donors (Lipinski definition) is 1. The highest BCUT2D eigenvalue weighted by Crippen LogP contribution is 2.20. The first-order valence-electron chi connectivity index (χ1n) is 7.77. The van der Waals surface area contributed by atoms with E-state index in [-0.39, 0.29) is 11.5 Å². The third kappa shape index (κ3) is 3.01. The number of carbonyl (C=O) groups excluding carboxylic acids is 1. The van der Waals surface area contributed by atoms with E-state index in [4.69, 9.17) is 0 Å². The molecule has 0 radical (unpaired) electrons. The minimum Gasteiger partial charge on any atom is -0.274 e. The van der Waals surface area contributed by atoms with Gasteiger partial charge < -0.3 is 0 Å². The van der Waals surface area contributed by atoms with Gasteiger partial charge in [-0.25, -0.2) is 5.43 Å². The van der Waals surface area contributed by atoms with E-state index >= 15 is 0 Å². The first-order valence-corrected chi connectivity index (χ1v) is 7.77. The lowest BCUT2D eigenvalue weighted by Gasteiger charge is -2.13. The van der Waals surface area contributed by atoms with Crippen molar-refractivity contribution >= 4 is 5.91 Å². The molecule has 0 fully saturated rings. The average molecular weight is 321 g/mol. The van der Waals surface area contributed by atoms with Crippen molar-refractivity contribution in [2.45, 2.75) is 20.4 Å². The largest absolute Gasteiger partial charge is 0.294 e. The zero-order chi connectivity index (χ0) is 17.1. The molecule has 1 heterocycles. The van der Waals surface area contributed by atoms with Crippen molar-refractivity contribution in [3.63, 3.8) is 0 Å². The molecule has 1 amide bonds. The van der Waals surface area contributed by atoms with E-state index in [1.54, 1.807) is 4.68 Å². The van der Waals surface area contributed by atoms with Gasteiger partial charge in [-0.05, 0) is 18.1 Å². The molecule has 0 aliphatic carbocycles. The molecule has 1 N–H and O–H groups in total. The highest BCUT2D eigenvalue weighted by molar-refractivity contribution is 5.81. The minimum atomic E-state index is -0.288. The maximum atomic E-state index is 12.9. The second-order valence-electron chi connectivity index (χ2n) is 5.65. The fourth-order valence-electron chi connectivity index (χ4n) is 2.79. The Morgan fingerprint density at radius 1 is 1.00 bits per heavy atom. The van der Waals surface area contributed by atoms with Crippen LogP contribution in [0.5, 0.6) is 0 Å². The third-order valence-corrected chi connectivity index (χ3v) is 3.90. The van der Waals surface area contributed by atoms with Crippen LogP contribution in [-0.4, -0.2) is 15.4 Å². The summed E-state index contributed by atoms with van der Waals surface area (Å²) in [7, 11) is 0. The van der Waals surface area contributed by atoms with Crippen LogP contribution < -0.4 is 11.0 Å². The molecule has 0 bridgehead atoms. The molecule has 0 spiro atoms. The summed E-state index contributed by atoms with van der Waals surface area (Å²) in [5.41, 5.74) is 5.69. The Balaban J connectivity index is 2.16. The van der Waals surface area contributed by atoms with Gasteiger partial charge in [-0.15, -0.1) is 0 Å². The van der Waals surface area contributed by atoms with Crippen LogP contribution in [0.2, 0.25) is 0 Å². The predicted octanol–water partition coefficient (Wildman–Crippen LogP) is 2.76. The van der Waals surface area contributed by atoms with Gasteiger partial charge in [0.2, 0.25) is 5.91 Å². The van der Waals surface area contributed by atoms with Crippen LogP contribution >= 0.6 is 0 Å². The number of nitrogens with one attached hydrogen (secondary N) is 1. The summed E-state index contributed by atoms with van der Waals surface area (Å²) in [4.78, 5) is 25.7. The van der Waals surface area contributed by atoms with Crippen molar-refractivity contribution < 1.29 is 4.79 Å². The van der Waals surface area contributed by atoms with E-state index in [1.165, 1.54) is 11.7 Å². The van der Waals surface area contributed by atoms with Gasteiger partial charge in [0.1, 0.15) is 0 Å². The van der Waals surface area contributed by atoms with Crippen LogP contribution in [0.25, 0.3) is 11.1 Å². The van der Waals surface area contributed by atoms with Gasteiger partial charge in [0.05, 0.1) is 12.1 Å². The average Bonchev–Trinajstić information content (AvgIpc) is 2.80. The molecule has 5 nitrogen and oxygen atoms in total. The Kier molecular flexibility index (Phi) is 4.33. The van der Waals surface area contributed by atoms with Crippen molar-refractivity contribution in [1.29, 1.82) is 0 Å².